The second kappa shape index (κ2) is 3.15. The molecule has 1 unspecified atom stereocenters. The Morgan fingerprint density at radius 1 is 1.67 bits per heavy atom. The van der Waals surface area contributed by atoms with Gasteiger partial charge in [-0.05, 0) is 18.8 Å². The number of hydrogen-bond acceptors (Lipinski definition) is 3. The SMILES string of the molecule is COCc1nc2c(s1)CCC2C. The van der Waals surface area contributed by atoms with Gasteiger partial charge in [0.05, 0.1) is 12.3 Å². The van der Waals surface area contributed by atoms with Gasteiger partial charge in [0.1, 0.15) is 5.01 Å². The number of rotatable bonds is 2. The van der Waals surface area contributed by atoms with Crippen molar-refractivity contribution in [3.8, 4) is 0 Å². The lowest BCUT2D eigenvalue weighted by molar-refractivity contribution is 0.184. The van der Waals surface area contributed by atoms with Crippen LogP contribution in [-0.4, -0.2) is 12.1 Å². The second-order valence-corrected chi connectivity index (χ2v) is 4.46. The van der Waals surface area contributed by atoms with E-state index in [9.17, 15) is 0 Å². The van der Waals surface area contributed by atoms with Crippen molar-refractivity contribution in [1.29, 1.82) is 0 Å². The number of thiazole rings is 1. The molecule has 0 saturated heterocycles. The van der Waals surface area contributed by atoms with Gasteiger partial charge in [-0.1, -0.05) is 6.92 Å². The van der Waals surface area contributed by atoms with Crippen LogP contribution >= 0.6 is 11.3 Å². The molecule has 0 radical (unpaired) electrons. The summed E-state index contributed by atoms with van der Waals surface area (Å²) in [6.45, 7) is 2.92. The fraction of sp³-hybridized carbons (Fsp3) is 0.667. The number of nitrogens with zero attached hydrogens (tertiary/aromatic N) is 1. The topological polar surface area (TPSA) is 22.1 Å². The third kappa shape index (κ3) is 1.27. The summed E-state index contributed by atoms with van der Waals surface area (Å²) in [6.07, 6.45) is 2.50. The lowest BCUT2D eigenvalue weighted by Crippen LogP contribution is -1.90. The van der Waals surface area contributed by atoms with Gasteiger partial charge in [-0.3, -0.25) is 0 Å². The number of methoxy groups -OCH3 is 1. The Labute approximate surface area is 76.6 Å². The minimum Gasteiger partial charge on any atom is -0.378 e. The molecule has 0 aliphatic heterocycles. The molecule has 0 bridgehead atoms. The van der Waals surface area contributed by atoms with Crippen LogP contribution in [-0.2, 0) is 17.8 Å². The lowest BCUT2D eigenvalue weighted by Gasteiger charge is -1.97. The Morgan fingerprint density at radius 2 is 2.50 bits per heavy atom. The van der Waals surface area contributed by atoms with Crippen LogP contribution in [0.3, 0.4) is 0 Å². The molecule has 1 aromatic heterocycles. The summed E-state index contributed by atoms with van der Waals surface area (Å²) in [5, 5.41) is 1.13. The molecule has 0 saturated carbocycles. The molecule has 1 aliphatic carbocycles. The van der Waals surface area contributed by atoms with Gasteiger partial charge in [-0.15, -0.1) is 11.3 Å². The molecule has 0 amide bonds. The minimum absolute atomic E-state index is 0.668. The highest BCUT2D eigenvalue weighted by atomic mass is 32.1. The summed E-state index contributed by atoms with van der Waals surface area (Å²) in [5.74, 6) is 0.668. The molecule has 0 fully saturated rings. The highest BCUT2D eigenvalue weighted by Crippen LogP contribution is 2.35. The Morgan fingerprint density at radius 3 is 3.17 bits per heavy atom. The molecular formula is C9H13NOS. The molecule has 1 atom stereocenters. The minimum atomic E-state index is 0.668. The number of fused-ring (bicyclic) bond motifs is 1. The predicted octanol–water partition coefficient (Wildman–Crippen LogP) is 2.34. The van der Waals surface area contributed by atoms with Crippen LogP contribution in [0, 0.1) is 0 Å². The van der Waals surface area contributed by atoms with Crippen molar-refractivity contribution < 1.29 is 4.74 Å². The quantitative estimate of drug-likeness (QED) is 0.702. The number of hydrogen-bond donors (Lipinski definition) is 0. The first-order chi connectivity index (χ1) is 5.81. The average molecular weight is 183 g/mol. The van der Waals surface area contributed by atoms with E-state index in [0.717, 1.165) is 5.01 Å². The number of aryl methyl sites for hydroxylation is 1. The van der Waals surface area contributed by atoms with Gasteiger partial charge >= 0.3 is 0 Å². The van der Waals surface area contributed by atoms with E-state index < -0.39 is 0 Å². The molecule has 2 nitrogen and oxygen atoms in total. The summed E-state index contributed by atoms with van der Waals surface area (Å²) in [7, 11) is 1.72. The van der Waals surface area contributed by atoms with Gasteiger partial charge in [0.15, 0.2) is 0 Å². The van der Waals surface area contributed by atoms with E-state index in [2.05, 4.69) is 11.9 Å². The number of ether oxygens (including phenoxy) is 1. The summed E-state index contributed by atoms with van der Waals surface area (Å²) in [4.78, 5) is 6.04. The lowest BCUT2D eigenvalue weighted by atomic mass is 10.1. The van der Waals surface area contributed by atoms with E-state index in [4.69, 9.17) is 4.74 Å². The van der Waals surface area contributed by atoms with Crippen LogP contribution in [0.4, 0.5) is 0 Å². The molecule has 3 heteroatoms. The molecule has 0 spiro atoms. The monoisotopic (exact) mass is 183 g/mol. The molecule has 12 heavy (non-hydrogen) atoms. The predicted molar refractivity (Wildman–Crippen MR) is 49.6 cm³/mol. The van der Waals surface area contributed by atoms with E-state index in [1.165, 1.54) is 23.4 Å². The molecule has 0 N–H and O–H groups in total. The molecule has 1 aliphatic rings. The van der Waals surface area contributed by atoms with Crippen molar-refractivity contribution in [2.24, 2.45) is 0 Å². The molecular weight excluding hydrogens is 170 g/mol. The maximum atomic E-state index is 5.05. The maximum Gasteiger partial charge on any atom is 0.119 e. The molecule has 66 valence electrons. The summed E-state index contributed by atoms with van der Waals surface area (Å²) < 4.78 is 5.05. The van der Waals surface area contributed by atoms with Gasteiger partial charge in [0.25, 0.3) is 0 Å². The van der Waals surface area contributed by atoms with Gasteiger partial charge in [0.2, 0.25) is 0 Å². The zero-order chi connectivity index (χ0) is 8.55. The third-order valence-electron chi connectivity index (χ3n) is 2.31. The highest BCUT2D eigenvalue weighted by molar-refractivity contribution is 7.11. The van der Waals surface area contributed by atoms with E-state index in [-0.39, 0.29) is 0 Å². The van der Waals surface area contributed by atoms with E-state index in [1.54, 1.807) is 7.11 Å². The molecule has 1 heterocycles. The third-order valence-corrected chi connectivity index (χ3v) is 3.42. The largest absolute Gasteiger partial charge is 0.378 e. The first kappa shape index (κ1) is 8.20. The van der Waals surface area contributed by atoms with Gasteiger partial charge in [-0.25, -0.2) is 4.98 Å². The normalized spacial score (nSPS) is 21.3. The maximum absolute atomic E-state index is 5.05. The van der Waals surface area contributed by atoms with Crippen LogP contribution in [0.25, 0.3) is 0 Å². The van der Waals surface area contributed by atoms with Gasteiger partial charge in [0, 0.05) is 12.0 Å². The van der Waals surface area contributed by atoms with Crippen LogP contribution in [0.5, 0.6) is 0 Å². The summed E-state index contributed by atoms with van der Waals surface area (Å²) >= 11 is 1.81. The number of aromatic nitrogens is 1. The molecule has 1 aromatic rings. The zero-order valence-electron chi connectivity index (χ0n) is 7.46. The van der Waals surface area contributed by atoms with Crippen molar-refractivity contribution >= 4 is 11.3 Å². The van der Waals surface area contributed by atoms with Crippen molar-refractivity contribution in [2.75, 3.05) is 7.11 Å². The average Bonchev–Trinajstić information content (AvgIpc) is 2.55. The smallest absolute Gasteiger partial charge is 0.119 e. The Hall–Kier alpha value is -0.410. The standard InChI is InChI=1S/C9H13NOS/c1-6-3-4-7-9(6)10-8(12-7)5-11-2/h6H,3-5H2,1-2H3. The zero-order valence-corrected chi connectivity index (χ0v) is 8.28. The van der Waals surface area contributed by atoms with Crippen LogP contribution in [0.2, 0.25) is 0 Å². The van der Waals surface area contributed by atoms with Gasteiger partial charge in [-0.2, -0.15) is 0 Å². The van der Waals surface area contributed by atoms with Gasteiger partial charge < -0.3 is 4.74 Å². The van der Waals surface area contributed by atoms with Crippen LogP contribution in [0.15, 0.2) is 0 Å². The van der Waals surface area contributed by atoms with E-state index in [1.807, 2.05) is 11.3 Å². The first-order valence-corrected chi connectivity index (χ1v) is 5.10. The van der Waals surface area contributed by atoms with E-state index in [0.29, 0.717) is 12.5 Å². The van der Waals surface area contributed by atoms with Crippen LogP contribution < -0.4 is 0 Å². The fourth-order valence-electron chi connectivity index (χ4n) is 1.65. The Kier molecular flexibility index (Phi) is 2.15. The Balaban J connectivity index is 2.24. The highest BCUT2D eigenvalue weighted by Gasteiger charge is 2.23. The van der Waals surface area contributed by atoms with Crippen molar-refractivity contribution in [1.82, 2.24) is 4.98 Å². The second-order valence-electron chi connectivity index (χ2n) is 3.29. The molecule has 0 aromatic carbocycles. The summed E-state index contributed by atoms with van der Waals surface area (Å²) in [6, 6.07) is 0. The Bertz CT molecular complexity index is 282. The molecule has 2 rings (SSSR count). The fourth-order valence-corrected chi connectivity index (χ4v) is 2.82. The van der Waals surface area contributed by atoms with E-state index >= 15 is 0 Å². The van der Waals surface area contributed by atoms with Crippen LogP contribution in [0.1, 0.15) is 34.8 Å². The first-order valence-electron chi connectivity index (χ1n) is 4.28. The van der Waals surface area contributed by atoms with Crippen molar-refractivity contribution in [2.45, 2.75) is 32.3 Å². The van der Waals surface area contributed by atoms with Crippen molar-refractivity contribution in [3.63, 3.8) is 0 Å². The van der Waals surface area contributed by atoms with Crippen molar-refractivity contribution in [3.05, 3.63) is 15.6 Å². The summed E-state index contributed by atoms with van der Waals surface area (Å²) in [5.41, 5.74) is 1.33.